The number of carbonyl (C=O) groups is 1. The van der Waals surface area contributed by atoms with E-state index in [1.165, 1.54) is 6.08 Å². The number of carbonyl (C=O) groups excluding carboxylic acids is 1. The minimum atomic E-state index is -0.559. The molecule has 0 unspecified atom stereocenters. The zero-order valence-corrected chi connectivity index (χ0v) is 21.4. The van der Waals surface area contributed by atoms with Crippen molar-refractivity contribution in [1.29, 1.82) is 0 Å². The van der Waals surface area contributed by atoms with Crippen LogP contribution in [-0.2, 0) is 4.74 Å². The van der Waals surface area contributed by atoms with Gasteiger partial charge in [-0.2, -0.15) is 0 Å². The summed E-state index contributed by atoms with van der Waals surface area (Å²) in [6.07, 6.45) is 1.59. The zero-order chi connectivity index (χ0) is 24.4. The molecule has 2 rings (SSSR count). The summed E-state index contributed by atoms with van der Waals surface area (Å²) < 4.78 is 22.2. The molecule has 0 aliphatic rings. The van der Waals surface area contributed by atoms with Gasteiger partial charge in [-0.3, -0.25) is 5.32 Å². The summed E-state index contributed by atoms with van der Waals surface area (Å²) >= 11 is 23.6. The fraction of sp³-hybridized carbons (Fsp3) is 0.348. The lowest BCUT2D eigenvalue weighted by atomic mass is 10.2. The number of ether oxygens (including phenoxy) is 4. The molecule has 0 fully saturated rings. The molecule has 0 saturated carbocycles. The number of anilines is 1. The van der Waals surface area contributed by atoms with Gasteiger partial charge < -0.3 is 18.9 Å². The third-order valence-corrected chi connectivity index (χ3v) is 4.63. The van der Waals surface area contributed by atoms with Gasteiger partial charge in [0.05, 0.1) is 23.3 Å². The Balaban J connectivity index is 1.75. The van der Waals surface area contributed by atoms with Gasteiger partial charge in [0.15, 0.2) is 5.75 Å². The van der Waals surface area contributed by atoms with E-state index in [4.69, 9.17) is 65.4 Å². The summed E-state index contributed by atoms with van der Waals surface area (Å²) in [5, 5.41) is 3.32. The quantitative estimate of drug-likeness (QED) is 0.313. The molecule has 6 nitrogen and oxygen atoms in total. The summed E-state index contributed by atoms with van der Waals surface area (Å²) in [7, 11) is 0. The van der Waals surface area contributed by atoms with Crippen LogP contribution in [0.3, 0.4) is 0 Å². The molecule has 0 heterocycles. The number of halogens is 4. The maximum absolute atomic E-state index is 11.8. The third-order valence-electron chi connectivity index (χ3n) is 3.76. The van der Waals surface area contributed by atoms with Gasteiger partial charge in [-0.1, -0.05) is 46.4 Å². The molecule has 0 aliphatic carbocycles. The summed E-state index contributed by atoms with van der Waals surface area (Å²) in [6, 6.07) is 10.2. The van der Waals surface area contributed by atoms with Crippen molar-refractivity contribution in [3.8, 4) is 17.2 Å². The number of nitrogens with one attached hydrogen (secondary N) is 1. The molecule has 0 aliphatic heterocycles. The van der Waals surface area contributed by atoms with Crippen molar-refractivity contribution in [2.24, 2.45) is 0 Å². The van der Waals surface area contributed by atoms with Gasteiger partial charge in [0, 0.05) is 24.2 Å². The first-order chi connectivity index (χ1) is 15.5. The SMILES string of the molecule is CC(C)(C)OC(=O)Nc1ccc(OCCCOc2c(Cl)cc(OCC=C(Cl)Cl)cc2Cl)cc1. The lowest BCUT2D eigenvalue weighted by Crippen LogP contribution is -2.27. The van der Waals surface area contributed by atoms with Crippen LogP contribution in [0.25, 0.3) is 0 Å². The Labute approximate surface area is 213 Å². The molecule has 0 spiro atoms. The first kappa shape index (κ1) is 27.3. The van der Waals surface area contributed by atoms with Crippen LogP contribution in [0.2, 0.25) is 10.0 Å². The van der Waals surface area contributed by atoms with Gasteiger partial charge in [-0.15, -0.1) is 0 Å². The molecule has 0 aromatic heterocycles. The Bertz CT molecular complexity index is 931. The van der Waals surface area contributed by atoms with Crippen LogP contribution >= 0.6 is 46.4 Å². The first-order valence-corrected chi connectivity index (χ1v) is 11.5. The molecule has 0 bridgehead atoms. The van der Waals surface area contributed by atoms with E-state index in [-0.39, 0.29) is 11.1 Å². The first-order valence-electron chi connectivity index (χ1n) is 10.0. The standard InChI is InChI=1S/C23H25Cl4NO5/c1-23(2,3)33-22(29)28-15-5-7-16(8-6-15)30-10-4-11-32-21-18(24)13-17(14-19(21)25)31-12-9-20(26)27/h5-9,13-14H,4,10-12H2,1-3H3,(H,28,29). The second-order valence-electron chi connectivity index (χ2n) is 7.72. The van der Waals surface area contributed by atoms with E-state index < -0.39 is 11.7 Å². The Kier molecular flexibility index (Phi) is 10.8. The topological polar surface area (TPSA) is 66.0 Å². The van der Waals surface area contributed by atoms with Crippen molar-refractivity contribution in [2.45, 2.75) is 32.8 Å². The number of hydrogen-bond acceptors (Lipinski definition) is 5. The van der Waals surface area contributed by atoms with Crippen LogP contribution in [0, 0.1) is 0 Å². The molecule has 2 aromatic carbocycles. The molecular formula is C23H25Cl4NO5. The molecule has 10 heteroatoms. The van der Waals surface area contributed by atoms with Gasteiger partial charge in [0.1, 0.15) is 28.2 Å². The van der Waals surface area contributed by atoms with E-state index in [0.29, 0.717) is 52.6 Å². The smallest absolute Gasteiger partial charge is 0.412 e. The molecule has 2 aromatic rings. The third kappa shape index (κ3) is 10.7. The van der Waals surface area contributed by atoms with Crippen LogP contribution in [-0.4, -0.2) is 31.5 Å². The van der Waals surface area contributed by atoms with Crippen molar-refractivity contribution in [2.75, 3.05) is 25.1 Å². The van der Waals surface area contributed by atoms with E-state index in [1.807, 2.05) is 0 Å². The van der Waals surface area contributed by atoms with Gasteiger partial charge >= 0.3 is 6.09 Å². The van der Waals surface area contributed by atoms with Crippen molar-refractivity contribution in [3.63, 3.8) is 0 Å². The zero-order valence-electron chi connectivity index (χ0n) is 18.4. The average molecular weight is 537 g/mol. The van der Waals surface area contributed by atoms with Crippen LogP contribution < -0.4 is 19.5 Å². The Hall–Kier alpha value is -1.99. The van der Waals surface area contributed by atoms with Gasteiger partial charge in [0.2, 0.25) is 0 Å². The summed E-state index contributed by atoms with van der Waals surface area (Å²) in [4.78, 5) is 11.8. The van der Waals surface area contributed by atoms with Gasteiger partial charge in [0.25, 0.3) is 0 Å². The number of benzene rings is 2. The molecule has 0 saturated heterocycles. The average Bonchev–Trinajstić information content (AvgIpc) is 2.69. The maximum atomic E-state index is 11.8. The van der Waals surface area contributed by atoms with Crippen molar-refractivity contribution < 1.29 is 23.7 Å². The Morgan fingerprint density at radius 3 is 2.12 bits per heavy atom. The highest BCUT2D eigenvalue weighted by atomic mass is 35.5. The summed E-state index contributed by atoms with van der Waals surface area (Å²) in [5.74, 6) is 1.50. The monoisotopic (exact) mass is 535 g/mol. The second kappa shape index (κ2) is 13.0. The highest BCUT2D eigenvalue weighted by molar-refractivity contribution is 6.55. The number of rotatable bonds is 10. The van der Waals surface area contributed by atoms with Gasteiger partial charge in [-0.25, -0.2) is 4.79 Å². The number of amides is 1. The molecule has 0 radical (unpaired) electrons. The molecule has 0 atom stereocenters. The maximum Gasteiger partial charge on any atom is 0.412 e. The molecule has 180 valence electrons. The largest absolute Gasteiger partial charge is 0.493 e. The molecule has 1 amide bonds. The van der Waals surface area contributed by atoms with E-state index in [0.717, 1.165) is 0 Å². The highest BCUT2D eigenvalue weighted by Crippen LogP contribution is 2.37. The van der Waals surface area contributed by atoms with Crippen molar-refractivity contribution in [3.05, 3.63) is 57.0 Å². The summed E-state index contributed by atoms with van der Waals surface area (Å²) in [5.41, 5.74) is 0.0502. The fourth-order valence-corrected chi connectivity index (χ4v) is 3.14. The van der Waals surface area contributed by atoms with Crippen LogP contribution in [0.4, 0.5) is 10.5 Å². The number of hydrogen-bond donors (Lipinski definition) is 1. The normalized spacial score (nSPS) is 10.9. The van der Waals surface area contributed by atoms with Crippen LogP contribution in [0.1, 0.15) is 27.2 Å². The second-order valence-corrected chi connectivity index (χ2v) is 9.54. The van der Waals surface area contributed by atoms with Crippen LogP contribution in [0.15, 0.2) is 47.0 Å². The lowest BCUT2D eigenvalue weighted by Gasteiger charge is -2.19. The predicted octanol–water partition coefficient (Wildman–Crippen LogP) is 7.89. The minimum Gasteiger partial charge on any atom is -0.493 e. The Morgan fingerprint density at radius 2 is 1.55 bits per heavy atom. The van der Waals surface area contributed by atoms with E-state index in [9.17, 15) is 4.79 Å². The molecule has 1 N–H and O–H groups in total. The van der Waals surface area contributed by atoms with Crippen LogP contribution in [0.5, 0.6) is 17.2 Å². The van der Waals surface area contributed by atoms with E-state index in [1.54, 1.807) is 57.2 Å². The van der Waals surface area contributed by atoms with E-state index in [2.05, 4.69) is 5.32 Å². The van der Waals surface area contributed by atoms with E-state index >= 15 is 0 Å². The predicted molar refractivity (Wildman–Crippen MR) is 134 cm³/mol. The molecule has 33 heavy (non-hydrogen) atoms. The summed E-state index contributed by atoms with van der Waals surface area (Å²) in [6.45, 7) is 6.36. The van der Waals surface area contributed by atoms with Gasteiger partial charge in [-0.05, 0) is 51.1 Å². The molecular weight excluding hydrogens is 512 g/mol. The highest BCUT2D eigenvalue weighted by Gasteiger charge is 2.16. The minimum absolute atomic E-state index is 0.114. The Morgan fingerprint density at radius 1 is 0.939 bits per heavy atom. The van der Waals surface area contributed by atoms with Crippen molar-refractivity contribution >= 4 is 58.2 Å². The lowest BCUT2D eigenvalue weighted by molar-refractivity contribution is 0.0636. The fourth-order valence-electron chi connectivity index (χ4n) is 2.44. The van der Waals surface area contributed by atoms with Crippen molar-refractivity contribution in [1.82, 2.24) is 0 Å².